The maximum absolute atomic E-state index is 12.5. The Hall–Kier alpha value is -3.07. The van der Waals surface area contributed by atoms with Crippen molar-refractivity contribution in [1.29, 1.82) is 0 Å². The molecule has 1 aliphatic heterocycles. The van der Waals surface area contributed by atoms with E-state index in [4.69, 9.17) is 14.2 Å². The topological polar surface area (TPSA) is 88.4 Å². The van der Waals surface area contributed by atoms with Crippen LogP contribution in [0.2, 0.25) is 0 Å². The number of Topliss-reactive ketones (excluding diaryl/α,β-unsaturated/α-hetero) is 1. The highest BCUT2D eigenvalue weighted by molar-refractivity contribution is 7.99. The first-order valence-electron chi connectivity index (χ1n) is 8.82. The molecular formula is C19H18N4O4S. The highest BCUT2D eigenvalue weighted by atomic mass is 32.2. The van der Waals surface area contributed by atoms with Crippen molar-refractivity contribution in [1.82, 2.24) is 20.2 Å². The molecule has 0 saturated carbocycles. The van der Waals surface area contributed by atoms with Crippen molar-refractivity contribution in [2.75, 3.05) is 25.6 Å². The van der Waals surface area contributed by atoms with Crippen molar-refractivity contribution in [2.45, 2.75) is 12.1 Å². The maximum Gasteiger partial charge on any atom is 0.214 e. The van der Waals surface area contributed by atoms with Gasteiger partial charge in [-0.05, 0) is 53.7 Å². The number of rotatable bonds is 7. The van der Waals surface area contributed by atoms with Crippen LogP contribution in [0.25, 0.3) is 5.69 Å². The van der Waals surface area contributed by atoms with Crippen molar-refractivity contribution < 1.29 is 19.0 Å². The Balaban J connectivity index is 1.45. The quantitative estimate of drug-likeness (QED) is 0.443. The molecule has 0 fully saturated rings. The van der Waals surface area contributed by atoms with E-state index in [1.807, 2.05) is 25.1 Å². The summed E-state index contributed by atoms with van der Waals surface area (Å²) < 4.78 is 18.1. The second kappa shape index (κ2) is 8.30. The van der Waals surface area contributed by atoms with Gasteiger partial charge in [-0.3, -0.25) is 4.79 Å². The zero-order chi connectivity index (χ0) is 19.3. The van der Waals surface area contributed by atoms with Crippen molar-refractivity contribution in [3.63, 3.8) is 0 Å². The predicted molar refractivity (Wildman–Crippen MR) is 103 cm³/mol. The van der Waals surface area contributed by atoms with E-state index in [2.05, 4.69) is 15.5 Å². The Morgan fingerprint density at radius 1 is 1.14 bits per heavy atom. The molecule has 28 heavy (non-hydrogen) atoms. The van der Waals surface area contributed by atoms with Crippen LogP contribution in [0.3, 0.4) is 0 Å². The number of hydrogen-bond acceptors (Lipinski definition) is 8. The molecule has 0 bridgehead atoms. The number of carbonyl (C=O) groups is 1. The minimum Gasteiger partial charge on any atom is -0.494 e. The van der Waals surface area contributed by atoms with Gasteiger partial charge in [-0.15, -0.1) is 5.10 Å². The Morgan fingerprint density at radius 2 is 1.93 bits per heavy atom. The fraction of sp³-hybridized carbons (Fsp3) is 0.263. The van der Waals surface area contributed by atoms with Gasteiger partial charge in [-0.2, -0.15) is 4.68 Å². The van der Waals surface area contributed by atoms with E-state index in [0.29, 0.717) is 42.0 Å². The summed E-state index contributed by atoms with van der Waals surface area (Å²) in [5.41, 5.74) is 1.36. The minimum absolute atomic E-state index is 0.00947. The first-order valence-corrected chi connectivity index (χ1v) is 9.80. The van der Waals surface area contributed by atoms with E-state index in [9.17, 15) is 4.79 Å². The summed E-state index contributed by atoms with van der Waals surface area (Å²) in [6.07, 6.45) is 0. The highest BCUT2D eigenvalue weighted by Gasteiger charge is 2.16. The standard InChI is InChI=1S/C19H18N4O4S/c1-2-25-15-6-3-13(4-7-15)16(24)12-28-19-20-21-22-23(19)14-5-8-17-18(11-14)27-10-9-26-17/h3-8,11H,2,9-10,12H2,1H3. The van der Waals surface area contributed by atoms with Gasteiger partial charge in [-0.1, -0.05) is 11.8 Å². The van der Waals surface area contributed by atoms with Crippen LogP contribution in [0, 0.1) is 0 Å². The SMILES string of the molecule is CCOc1ccc(C(=O)CSc2nnnn2-c2ccc3c(c2)OCCO3)cc1. The number of hydrogen-bond donors (Lipinski definition) is 0. The largest absolute Gasteiger partial charge is 0.494 e. The average Bonchev–Trinajstić information content (AvgIpc) is 3.21. The van der Waals surface area contributed by atoms with Gasteiger partial charge in [0, 0.05) is 11.6 Å². The number of benzene rings is 2. The van der Waals surface area contributed by atoms with Crippen LogP contribution < -0.4 is 14.2 Å². The van der Waals surface area contributed by atoms with Gasteiger partial charge < -0.3 is 14.2 Å². The molecule has 2 aromatic carbocycles. The number of ketones is 1. The molecule has 0 amide bonds. The third kappa shape index (κ3) is 3.94. The highest BCUT2D eigenvalue weighted by Crippen LogP contribution is 2.32. The molecule has 4 rings (SSSR count). The van der Waals surface area contributed by atoms with Gasteiger partial charge in [0.1, 0.15) is 19.0 Å². The van der Waals surface area contributed by atoms with Crippen molar-refractivity contribution in [2.24, 2.45) is 0 Å². The van der Waals surface area contributed by atoms with Crippen molar-refractivity contribution in [3.05, 3.63) is 48.0 Å². The smallest absolute Gasteiger partial charge is 0.214 e. The van der Waals surface area contributed by atoms with Gasteiger partial charge in [0.05, 0.1) is 18.0 Å². The predicted octanol–water partition coefficient (Wildman–Crippen LogP) is 2.81. The van der Waals surface area contributed by atoms with Crippen molar-refractivity contribution in [3.8, 4) is 22.9 Å². The minimum atomic E-state index is -0.00947. The van der Waals surface area contributed by atoms with Crippen LogP contribution in [0.5, 0.6) is 17.2 Å². The average molecular weight is 398 g/mol. The zero-order valence-electron chi connectivity index (χ0n) is 15.2. The summed E-state index contributed by atoms with van der Waals surface area (Å²) in [7, 11) is 0. The Morgan fingerprint density at radius 3 is 2.71 bits per heavy atom. The van der Waals surface area contributed by atoms with Gasteiger partial charge in [0.25, 0.3) is 0 Å². The zero-order valence-corrected chi connectivity index (χ0v) is 16.0. The first kappa shape index (κ1) is 18.3. The van der Waals surface area contributed by atoms with Crippen LogP contribution in [0.15, 0.2) is 47.6 Å². The monoisotopic (exact) mass is 398 g/mol. The molecule has 0 radical (unpaired) electrons. The van der Waals surface area contributed by atoms with Crippen LogP contribution >= 0.6 is 11.8 Å². The third-order valence-electron chi connectivity index (χ3n) is 4.03. The van der Waals surface area contributed by atoms with Gasteiger partial charge >= 0.3 is 0 Å². The Bertz CT molecular complexity index is 974. The summed E-state index contributed by atoms with van der Waals surface area (Å²) in [6, 6.07) is 12.6. The summed E-state index contributed by atoms with van der Waals surface area (Å²) in [4.78, 5) is 12.5. The molecule has 0 atom stereocenters. The van der Waals surface area contributed by atoms with E-state index in [1.165, 1.54) is 11.8 Å². The molecule has 0 aliphatic carbocycles. The normalized spacial score (nSPS) is 12.6. The van der Waals surface area contributed by atoms with Gasteiger partial charge in [0.15, 0.2) is 17.3 Å². The Labute approximate surface area is 165 Å². The second-order valence-electron chi connectivity index (χ2n) is 5.87. The van der Waals surface area contributed by atoms with E-state index in [-0.39, 0.29) is 11.5 Å². The number of nitrogens with zero attached hydrogens (tertiary/aromatic N) is 4. The molecule has 8 nitrogen and oxygen atoms in total. The molecule has 9 heteroatoms. The number of carbonyl (C=O) groups excluding carboxylic acids is 1. The number of fused-ring (bicyclic) bond motifs is 1. The van der Waals surface area contributed by atoms with Crippen LogP contribution in [0.4, 0.5) is 0 Å². The Kier molecular flexibility index (Phi) is 5.43. The molecule has 2 heterocycles. The fourth-order valence-electron chi connectivity index (χ4n) is 2.71. The number of tetrazole rings is 1. The molecule has 1 aromatic heterocycles. The van der Waals surface area contributed by atoms with Crippen molar-refractivity contribution >= 4 is 17.5 Å². The summed E-state index contributed by atoms with van der Waals surface area (Å²) >= 11 is 1.28. The molecule has 3 aromatic rings. The summed E-state index contributed by atoms with van der Waals surface area (Å²) in [6.45, 7) is 3.55. The molecule has 144 valence electrons. The lowest BCUT2D eigenvalue weighted by Crippen LogP contribution is -2.15. The van der Waals surface area contributed by atoms with E-state index < -0.39 is 0 Å². The molecule has 0 N–H and O–H groups in total. The number of ether oxygens (including phenoxy) is 3. The van der Waals surface area contributed by atoms with Gasteiger partial charge in [-0.25, -0.2) is 0 Å². The molecular weight excluding hydrogens is 380 g/mol. The second-order valence-corrected chi connectivity index (χ2v) is 6.81. The molecule has 1 aliphatic rings. The number of thioether (sulfide) groups is 1. The lowest BCUT2D eigenvalue weighted by atomic mass is 10.1. The lowest BCUT2D eigenvalue weighted by molar-refractivity contribution is 0.102. The van der Waals surface area contributed by atoms with E-state index >= 15 is 0 Å². The molecule has 0 saturated heterocycles. The fourth-order valence-corrected chi connectivity index (χ4v) is 3.50. The first-order chi connectivity index (χ1) is 13.7. The van der Waals surface area contributed by atoms with E-state index in [0.717, 1.165) is 11.4 Å². The van der Waals surface area contributed by atoms with E-state index in [1.54, 1.807) is 28.9 Å². The lowest BCUT2D eigenvalue weighted by Gasteiger charge is -2.18. The van der Waals surface area contributed by atoms with Crippen LogP contribution in [-0.2, 0) is 0 Å². The maximum atomic E-state index is 12.5. The molecule has 0 unspecified atom stereocenters. The summed E-state index contributed by atoms with van der Waals surface area (Å²) in [5.74, 6) is 2.31. The number of aromatic nitrogens is 4. The van der Waals surface area contributed by atoms with Crippen LogP contribution in [0.1, 0.15) is 17.3 Å². The molecule has 0 spiro atoms. The summed E-state index contributed by atoms with van der Waals surface area (Å²) in [5, 5.41) is 12.3. The van der Waals surface area contributed by atoms with Crippen LogP contribution in [-0.4, -0.2) is 51.6 Å². The van der Waals surface area contributed by atoms with Gasteiger partial charge in [0.2, 0.25) is 5.16 Å². The third-order valence-corrected chi connectivity index (χ3v) is 4.95.